The van der Waals surface area contributed by atoms with Crippen molar-refractivity contribution in [3.8, 4) is 0 Å². The van der Waals surface area contributed by atoms with Crippen LogP contribution in [0.4, 0.5) is 4.79 Å². The van der Waals surface area contributed by atoms with Gasteiger partial charge in [-0.05, 0) is 46.6 Å². The van der Waals surface area contributed by atoms with Gasteiger partial charge >= 0.3 is 6.09 Å². The first-order chi connectivity index (χ1) is 10.7. The molecule has 0 radical (unpaired) electrons. The van der Waals surface area contributed by atoms with Crippen molar-refractivity contribution in [1.82, 2.24) is 10.2 Å². The first-order valence-corrected chi connectivity index (χ1v) is 8.92. The molecule has 0 bridgehead atoms. The fourth-order valence-corrected chi connectivity index (χ4v) is 3.04. The summed E-state index contributed by atoms with van der Waals surface area (Å²) in [6, 6.07) is -0.00839. The van der Waals surface area contributed by atoms with Gasteiger partial charge in [0, 0.05) is 16.7 Å². The lowest BCUT2D eigenvalue weighted by atomic mass is 10.1. The topological polar surface area (TPSA) is 53.9 Å². The molecule has 1 unspecified atom stereocenters. The molecule has 6 heteroatoms. The summed E-state index contributed by atoms with van der Waals surface area (Å²) in [6.45, 7) is 10.3. The lowest BCUT2D eigenvalue weighted by Gasteiger charge is -2.31. The number of hydrogen-bond acceptors (Lipinski definition) is 4. The van der Waals surface area contributed by atoms with E-state index in [1.165, 1.54) is 0 Å². The minimum Gasteiger partial charge on any atom is -0.444 e. The largest absolute Gasteiger partial charge is 0.444 e. The molecule has 1 aliphatic heterocycles. The van der Waals surface area contributed by atoms with Gasteiger partial charge in [-0.25, -0.2) is 4.79 Å². The second-order valence-electron chi connectivity index (χ2n) is 6.93. The Labute approximate surface area is 147 Å². The van der Waals surface area contributed by atoms with Crippen LogP contribution < -0.4 is 5.32 Å². The Morgan fingerprint density at radius 2 is 2.26 bits per heavy atom. The van der Waals surface area contributed by atoms with Gasteiger partial charge in [-0.3, -0.25) is 9.89 Å². The van der Waals surface area contributed by atoms with Crippen LogP contribution in [-0.4, -0.2) is 41.1 Å². The summed E-state index contributed by atoms with van der Waals surface area (Å²) in [5, 5.41) is 3.37. The zero-order valence-electron chi connectivity index (χ0n) is 14.5. The van der Waals surface area contributed by atoms with Crippen molar-refractivity contribution in [2.75, 3.05) is 6.54 Å². The molecular formula is C17H26BrN3O2. The molecule has 128 valence electrons. The van der Waals surface area contributed by atoms with Gasteiger partial charge in [-0.2, -0.15) is 0 Å². The predicted molar refractivity (Wildman–Crippen MR) is 96.8 cm³/mol. The van der Waals surface area contributed by atoms with Crippen molar-refractivity contribution >= 4 is 27.9 Å². The number of rotatable bonds is 4. The first-order valence-electron chi connectivity index (χ1n) is 8.13. The van der Waals surface area contributed by atoms with Crippen molar-refractivity contribution in [1.29, 1.82) is 0 Å². The summed E-state index contributed by atoms with van der Waals surface area (Å²) >= 11 is 3.50. The van der Waals surface area contributed by atoms with Gasteiger partial charge in [-0.1, -0.05) is 28.9 Å². The molecule has 2 aliphatic rings. The molecule has 23 heavy (non-hydrogen) atoms. The maximum atomic E-state index is 12.5. The highest BCUT2D eigenvalue weighted by atomic mass is 79.9. The lowest BCUT2D eigenvalue weighted by molar-refractivity contribution is 0.0223. The fourth-order valence-electron chi connectivity index (χ4n) is 2.61. The molecule has 0 saturated carbocycles. The molecule has 1 aliphatic carbocycles. The van der Waals surface area contributed by atoms with Gasteiger partial charge in [0.1, 0.15) is 11.4 Å². The third-order valence-corrected chi connectivity index (χ3v) is 4.26. The number of fused-ring (bicyclic) bond motifs is 1. The Kier molecular flexibility index (Phi) is 5.55. The number of ether oxygens (including phenoxy) is 1. The maximum Gasteiger partial charge on any atom is 0.410 e. The molecular weight excluding hydrogens is 358 g/mol. The normalized spacial score (nSPS) is 21.5. The predicted octanol–water partition coefficient (Wildman–Crippen LogP) is 3.96. The number of carbonyl (C=O) groups is 1. The van der Waals surface area contributed by atoms with E-state index in [2.05, 4.69) is 40.3 Å². The minimum atomic E-state index is -0.501. The third-order valence-electron chi connectivity index (χ3n) is 3.71. The van der Waals surface area contributed by atoms with E-state index >= 15 is 0 Å². The number of allylic oxidation sites excluding steroid dienone is 2. The quantitative estimate of drug-likeness (QED) is 0.798. The van der Waals surface area contributed by atoms with Crippen molar-refractivity contribution < 1.29 is 9.53 Å². The molecule has 0 aromatic rings. The molecule has 5 nitrogen and oxygen atoms in total. The number of nitrogens with zero attached hydrogens (tertiary/aromatic N) is 2. The molecule has 0 aromatic carbocycles. The van der Waals surface area contributed by atoms with Crippen molar-refractivity contribution in [2.45, 2.75) is 65.1 Å². The number of hydrogen-bond donors (Lipinski definition) is 1. The van der Waals surface area contributed by atoms with E-state index in [9.17, 15) is 4.79 Å². The Hall–Kier alpha value is -1.30. The number of aliphatic imine (C=N–C) groups is 1. The average Bonchev–Trinajstić information content (AvgIpc) is 2.85. The van der Waals surface area contributed by atoms with E-state index in [-0.39, 0.29) is 18.2 Å². The molecule has 1 heterocycles. The van der Waals surface area contributed by atoms with E-state index in [4.69, 9.17) is 9.73 Å². The fraction of sp³-hybridized carbons (Fsp3) is 0.647. The van der Waals surface area contributed by atoms with Crippen LogP contribution in [0.1, 0.15) is 47.5 Å². The summed E-state index contributed by atoms with van der Waals surface area (Å²) in [5.41, 5.74) is 0.584. The number of halogens is 1. The molecule has 1 N–H and O–H groups in total. The van der Waals surface area contributed by atoms with Crippen LogP contribution >= 0.6 is 15.9 Å². The second-order valence-corrected chi connectivity index (χ2v) is 7.84. The van der Waals surface area contributed by atoms with Gasteiger partial charge < -0.3 is 10.1 Å². The zero-order valence-corrected chi connectivity index (χ0v) is 16.1. The van der Waals surface area contributed by atoms with Gasteiger partial charge in [0.15, 0.2) is 0 Å². The van der Waals surface area contributed by atoms with Crippen LogP contribution in [0.25, 0.3) is 0 Å². The third kappa shape index (κ3) is 4.59. The second kappa shape index (κ2) is 7.07. The molecule has 1 amide bonds. The lowest BCUT2D eigenvalue weighted by Crippen LogP contribution is -2.48. The summed E-state index contributed by atoms with van der Waals surface area (Å²) < 4.78 is 6.61. The van der Waals surface area contributed by atoms with Crippen LogP contribution in [-0.2, 0) is 4.74 Å². The highest BCUT2D eigenvalue weighted by molar-refractivity contribution is 9.11. The van der Waals surface area contributed by atoms with Crippen molar-refractivity contribution in [2.24, 2.45) is 4.99 Å². The van der Waals surface area contributed by atoms with E-state index in [1.807, 2.05) is 27.7 Å². The number of amidine groups is 1. The van der Waals surface area contributed by atoms with E-state index < -0.39 is 5.60 Å². The average molecular weight is 384 g/mol. The maximum absolute atomic E-state index is 12.5. The van der Waals surface area contributed by atoms with Crippen LogP contribution in [0.5, 0.6) is 0 Å². The highest BCUT2D eigenvalue weighted by Gasteiger charge is 2.33. The van der Waals surface area contributed by atoms with Crippen molar-refractivity contribution in [3.63, 3.8) is 0 Å². The Morgan fingerprint density at radius 1 is 1.57 bits per heavy atom. The Balaban J connectivity index is 2.11. The molecule has 0 saturated heterocycles. The number of nitrogens with one attached hydrogen (secondary N) is 1. The van der Waals surface area contributed by atoms with Gasteiger partial charge in [-0.15, -0.1) is 0 Å². The van der Waals surface area contributed by atoms with Crippen LogP contribution in [0.3, 0.4) is 0 Å². The minimum absolute atomic E-state index is 0.135. The first kappa shape index (κ1) is 18.0. The monoisotopic (exact) mass is 383 g/mol. The van der Waals surface area contributed by atoms with Crippen molar-refractivity contribution in [3.05, 3.63) is 22.3 Å². The zero-order chi connectivity index (χ0) is 17.2. The summed E-state index contributed by atoms with van der Waals surface area (Å²) in [5.74, 6) is 0.830. The highest BCUT2D eigenvalue weighted by Crippen LogP contribution is 2.27. The van der Waals surface area contributed by atoms with Gasteiger partial charge in [0.2, 0.25) is 0 Å². The Morgan fingerprint density at radius 3 is 2.87 bits per heavy atom. The Bertz CT molecular complexity index is 561. The SMILES string of the molecule is CCCN(C(=O)OC(C)(C)C)[C@@H](C)C1=NC2CC=C(Br)C=C2N1. The van der Waals surface area contributed by atoms with Crippen LogP contribution in [0, 0.1) is 0 Å². The van der Waals surface area contributed by atoms with Crippen LogP contribution in [0.2, 0.25) is 0 Å². The molecule has 2 rings (SSSR count). The van der Waals surface area contributed by atoms with E-state index in [0.29, 0.717) is 6.54 Å². The number of amides is 1. The van der Waals surface area contributed by atoms with Gasteiger partial charge in [0.25, 0.3) is 0 Å². The summed E-state index contributed by atoms with van der Waals surface area (Å²) in [7, 11) is 0. The molecule has 0 fully saturated rings. The molecule has 0 aromatic heterocycles. The van der Waals surface area contributed by atoms with Crippen LogP contribution in [0.15, 0.2) is 27.3 Å². The van der Waals surface area contributed by atoms with E-state index in [1.54, 1.807) is 4.90 Å². The molecule has 2 atom stereocenters. The summed E-state index contributed by atoms with van der Waals surface area (Å²) in [4.78, 5) is 19.0. The summed E-state index contributed by atoms with van der Waals surface area (Å²) in [6.07, 6.45) is 5.62. The standard InChI is InChI=1S/C17H26BrN3O2/c1-6-9-21(16(22)23-17(3,4)5)11(2)15-19-13-8-7-12(18)10-14(13)20-15/h7,10-11,13H,6,8-9H2,1-5H3,(H,19,20)/t11-,13?/m0/s1. The molecule has 0 spiro atoms. The van der Waals surface area contributed by atoms with Gasteiger partial charge in [0.05, 0.1) is 12.1 Å². The smallest absolute Gasteiger partial charge is 0.410 e. The number of carbonyl (C=O) groups excluding carboxylic acids is 1. The van der Waals surface area contributed by atoms with E-state index in [0.717, 1.165) is 28.9 Å².